The van der Waals surface area contributed by atoms with Gasteiger partial charge in [0.05, 0.1) is 25.5 Å². The van der Waals surface area contributed by atoms with Gasteiger partial charge in [-0.05, 0) is 55.1 Å². The Kier molecular flexibility index (Phi) is 4.42. The summed E-state index contributed by atoms with van der Waals surface area (Å²) in [5, 5.41) is 3.32. The van der Waals surface area contributed by atoms with Gasteiger partial charge in [0, 0.05) is 0 Å². The molecule has 0 radical (unpaired) electrons. The number of ether oxygens (including phenoxy) is 2. The van der Waals surface area contributed by atoms with Crippen LogP contribution in [0.25, 0.3) is 0 Å². The van der Waals surface area contributed by atoms with Gasteiger partial charge in [-0.15, -0.1) is 0 Å². The van der Waals surface area contributed by atoms with Crippen molar-refractivity contribution in [1.29, 1.82) is 0 Å². The van der Waals surface area contributed by atoms with Gasteiger partial charge in [-0.2, -0.15) is 0 Å². The van der Waals surface area contributed by atoms with E-state index in [4.69, 9.17) is 14.5 Å². The molecule has 0 saturated carbocycles. The number of hydrogen-bond donors (Lipinski definition) is 1. The molecule has 1 atom stereocenters. The quantitative estimate of drug-likeness (QED) is 0.667. The van der Waals surface area contributed by atoms with E-state index in [0.717, 1.165) is 20.7 Å². The van der Waals surface area contributed by atoms with Crippen LogP contribution in [-0.2, 0) is 21.6 Å². The predicted octanol–water partition coefficient (Wildman–Crippen LogP) is 3.87. The molecule has 1 N–H and O–H groups in total. The molecule has 7 heteroatoms. The lowest BCUT2D eigenvalue weighted by molar-refractivity contribution is 0.00209. The maximum Gasteiger partial charge on any atom is 0.135 e. The van der Waals surface area contributed by atoms with E-state index in [9.17, 15) is 0 Å². The van der Waals surface area contributed by atoms with Crippen molar-refractivity contribution in [3.63, 3.8) is 0 Å². The molecule has 0 bridgehead atoms. The largest absolute Gasteiger partial charge is 0.374 e. The van der Waals surface area contributed by atoms with E-state index >= 15 is 0 Å². The number of halogens is 2. The van der Waals surface area contributed by atoms with Crippen molar-refractivity contribution in [2.75, 3.05) is 25.1 Å². The third-order valence-electron chi connectivity index (χ3n) is 4.14. The molecular formula is C17H15Br2N3O2. The summed E-state index contributed by atoms with van der Waals surface area (Å²) in [6, 6.07) is 12.1. The molecule has 1 aromatic heterocycles. The molecule has 4 rings (SSSR count). The Morgan fingerprint density at radius 2 is 1.79 bits per heavy atom. The van der Waals surface area contributed by atoms with Crippen LogP contribution in [0.2, 0.25) is 0 Å². The van der Waals surface area contributed by atoms with Gasteiger partial charge in [0.15, 0.2) is 0 Å². The topological polar surface area (TPSA) is 55.7 Å². The third kappa shape index (κ3) is 3.01. The van der Waals surface area contributed by atoms with Crippen molar-refractivity contribution in [3.05, 3.63) is 56.7 Å². The van der Waals surface area contributed by atoms with E-state index in [-0.39, 0.29) is 0 Å². The second kappa shape index (κ2) is 6.55. The third-order valence-corrected chi connectivity index (χ3v) is 5.19. The number of benzene rings is 1. The van der Waals surface area contributed by atoms with Crippen LogP contribution in [0, 0.1) is 0 Å². The van der Waals surface area contributed by atoms with Crippen molar-refractivity contribution in [2.45, 2.75) is 12.1 Å². The Hall–Kier alpha value is -1.28. The number of pyridine rings is 1. The van der Waals surface area contributed by atoms with Crippen LogP contribution in [0.5, 0.6) is 0 Å². The minimum absolute atomic E-state index is 0.437. The summed E-state index contributed by atoms with van der Waals surface area (Å²) in [5.74, 6) is 0.770. The Morgan fingerprint density at radius 1 is 1.00 bits per heavy atom. The number of hydrogen-bond acceptors (Lipinski definition) is 5. The average Bonchev–Trinajstić information content (AvgIpc) is 2.58. The predicted molar refractivity (Wildman–Crippen MR) is 99.3 cm³/mol. The SMILES string of the molecule is Brc1ccc(NC2=NC3(COC2)COCc2ccccc23)c(Br)n1. The summed E-state index contributed by atoms with van der Waals surface area (Å²) in [6.45, 7) is 2.11. The number of nitrogens with zero attached hydrogens (tertiary/aromatic N) is 2. The zero-order chi connectivity index (χ0) is 16.6. The molecule has 2 aliphatic rings. The minimum atomic E-state index is -0.481. The van der Waals surface area contributed by atoms with E-state index in [2.05, 4.69) is 54.3 Å². The maximum atomic E-state index is 5.85. The number of rotatable bonds is 1. The van der Waals surface area contributed by atoms with Crippen LogP contribution in [0.15, 0.2) is 50.6 Å². The van der Waals surface area contributed by atoms with Crippen LogP contribution in [0.3, 0.4) is 0 Å². The highest BCUT2D eigenvalue weighted by Gasteiger charge is 2.40. The van der Waals surface area contributed by atoms with Crippen LogP contribution in [0.1, 0.15) is 11.1 Å². The summed E-state index contributed by atoms with van der Waals surface area (Å²) in [7, 11) is 0. The average molecular weight is 453 g/mol. The number of fused-ring (bicyclic) bond motifs is 2. The van der Waals surface area contributed by atoms with Crippen molar-refractivity contribution in [3.8, 4) is 0 Å². The first-order valence-electron chi connectivity index (χ1n) is 7.58. The molecule has 1 unspecified atom stereocenters. The van der Waals surface area contributed by atoms with Gasteiger partial charge < -0.3 is 14.8 Å². The fourth-order valence-corrected chi connectivity index (χ4v) is 4.05. The fraction of sp³-hybridized carbons (Fsp3) is 0.294. The molecule has 124 valence electrons. The molecule has 2 aromatic rings. The van der Waals surface area contributed by atoms with Gasteiger partial charge >= 0.3 is 0 Å². The highest BCUT2D eigenvalue weighted by Crippen LogP contribution is 2.36. The lowest BCUT2D eigenvalue weighted by Crippen LogP contribution is -2.45. The number of aliphatic imine (C=N–C) groups is 1. The minimum Gasteiger partial charge on any atom is -0.374 e. The molecule has 2 aliphatic heterocycles. The second-order valence-corrected chi connectivity index (χ2v) is 7.39. The lowest BCUT2D eigenvalue weighted by Gasteiger charge is -2.38. The maximum absolute atomic E-state index is 5.85. The lowest BCUT2D eigenvalue weighted by atomic mass is 9.86. The molecule has 24 heavy (non-hydrogen) atoms. The van der Waals surface area contributed by atoms with Gasteiger partial charge in [0.25, 0.3) is 0 Å². The fourth-order valence-electron chi connectivity index (χ4n) is 3.08. The molecule has 5 nitrogen and oxygen atoms in total. The first-order chi connectivity index (χ1) is 11.7. The Bertz CT molecular complexity index is 812. The molecule has 1 spiro atoms. The van der Waals surface area contributed by atoms with Crippen LogP contribution < -0.4 is 5.32 Å². The Morgan fingerprint density at radius 3 is 2.62 bits per heavy atom. The summed E-state index contributed by atoms with van der Waals surface area (Å²) >= 11 is 6.82. The van der Waals surface area contributed by atoms with Gasteiger partial charge in [-0.3, -0.25) is 4.99 Å². The van der Waals surface area contributed by atoms with Crippen LogP contribution in [0.4, 0.5) is 5.69 Å². The first-order valence-corrected chi connectivity index (χ1v) is 9.17. The summed E-state index contributed by atoms with van der Waals surface area (Å²) in [4.78, 5) is 9.30. The van der Waals surface area contributed by atoms with E-state index < -0.39 is 5.54 Å². The van der Waals surface area contributed by atoms with Crippen molar-refractivity contribution >= 4 is 43.4 Å². The summed E-state index contributed by atoms with van der Waals surface area (Å²) in [6.07, 6.45) is 0. The molecule has 1 aromatic carbocycles. The van der Waals surface area contributed by atoms with Gasteiger partial charge in [-0.25, -0.2) is 4.98 Å². The molecule has 0 amide bonds. The standard InChI is InChI=1S/C17H15Br2N3O2/c18-14-6-5-13(16(19)21-14)20-15-8-24-10-17(22-15)9-23-7-11-3-1-2-4-12(11)17/h1-6H,7-10H2,(H,20,22). The number of amidine groups is 1. The first kappa shape index (κ1) is 16.2. The summed E-state index contributed by atoms with van der Waals surface area (Å²) < 4.78 is 13.1. The van der Waals surface area contributed by atoms with Crippen LogP contribution in [-0.4, -0.2) is 30.6 Å². The number of aromatic nitrogens is 1. The molecule has 0 fully saturated rings. The molecule has 0 saturated heterocycles. The van der Waals surface area contributed by atoms with Crippen molar-refractivity contribution < 1.29 is 9.47 Å². The Balaban J connectivity index is 1.69. The highest BCUT2D eigenvalue weighted by atomic mass is 79.9. The zero-order valence-corrected chi connectivity index (χ0v) is 15.9. The highest BCUT2D eigenvalue weighted by molar-refractivity contribution is 9.11. The van der Waals surface area contributed by atoms with E-state index in [1.807, 2.05) is 24.3 Å². The monoisotopic (exact) mass is 451 g/mol. The van der Waals surface area contributed by atoms with Gasteiger partial charge in [0.1, 0.15) is 27.2 Å². The zero-order valence-electron chi connectivity index (χ0n) is 12.8. The normalized spacial score (nSPS) is 22.8. The molecular weight excluding hydrogens is 438 g/mol. The van der Waals surface area contributed by atoms with Gasteiger partial charge in [-0.1, -0.05) is 24.3 Å². The van der Waals surface area contributed by atoms with Crippen LogP contribution >= 0.6 is 31.9 Å². The van der Waals surface area contributed by atoms with Gasteiger partial charge in [0.2, 0.25) is 0 Å². The van der Waals surface area contributed by atoms with E-state index in [1.54, 1.807) is 0 Å². The van der Waals surface area contributed by atoms with E-state index in [0.29, 0.717) is 26.4 Å². The van der Waals surface area contributed by atoms with Crippen molar-refractivity contribution in [2.24, 2.45) is 4.99 Å². The second-order valence-electron chi connectivity index (χ2n) is 5.83. The summed E-state index contributed by atoms with van der Waals surface area (Å²) in [5.41, 5.74) is 2.72. The molecule has 0 aliphatic carbocycles. The van der Waals surface area contributed by atoms with Crippen molar-refractivity contribution in [1.82, 2.24) is 4.98 Å². The molecule has 3 heterocycles. The van der Waals surface area contributed by atoms with E-state index in [1.165, 1.54) is 11.1 Å². The number of nitrogens with one attached hydrogen (secondary N) is 1. The number of anilines is 1. The Labute approximate surface area is 156 Å². The smallest absolute Gasteiger partial charge is 0.135 e.